The molecule has 27 heavy (non-hydrogen) atoms. The van der Waals surface area contributed by atoms with E-state index >= 15 is 0 Å². The maximum Gasteiger partial charge on any atom is 0.255 e. The number of benzene rings is 1. The summed E-state index contributed by atoms with van der Waals surface area (Å²) in [7, 11) is 0. The van der Waals surface area contributed by atoms with E-state index in [-0.39, 0.29) is 11.8 Å². The Labute approximate surface area is 159 Å². The quantitative estimate of drug-likeness (QED) is 0.718. The minimum Gasteiger partial charge on any atom is -0.379 e. The van der Waals surface area contributed by atoms with Gasteiger partial charge in [0.1, 0.15) is 0 Å². The van der Waals surface area contributed by atoms with Crippen LogP contribution in [0.2, 0.25) is 0 Å². The smallest absolute Gasteiger partial charge is 0.255 e. The minimum atomic E-state index is 0.0406. The van der Waals surface area contributed by atoms with Crippen LogP contribution in [-0.4, -0.2) is 47.1 Å². The zero-order chi connectivity index (χ0) is 18.6. The molecule has 138 valence electrons. The first kappa shape index (κ1) is 17.6. The van der Waals surface area contributed by atoms with Gasteiger partial charge in [-0.25, -0.2) is 0 Å². The van der Waals surface area contributed by atoms with Gasteiger partial charge in [0.25, 0.3) is 5.91 Å². The summed E-state index contributed by atoms with van der Waals surface area (Å²) in [5.74, 6) is 0.307. The van der Waals surface area contributed by atoms with Gasteiger partial charge in [0.05, 0.1) is 24.3 Å². The zero-order valence-electron chi connectivity index (χ0n) is 15.5. The lowest BCUT2D eigenvalue weighted by atomic mass is 9.98. The molecule has 2 aromatic heterocycles. The van der Waals surface area contributed by atoms with Crippen molar-refractivity contribution in [3.05, 3.63) is 71.7 Å². The summed E-state index contributed by atoms with van der Waals surface area (Å²) < 4.78 is 5.79. The second-order valence-electron chi connectivity index (χ2n) is 7.06. The number of amides is 1. The van der Waals surface area contributed by atoms with E-state index in [0.717, 1.165) is 23.0 Å². The molecule has 1 saturated heterocycles. The molecule has 1 aliphatic heterocycles. The first-order valence-electron chi connectivity index (χ1n) is 9.33. The topological polar surface area (TPSA) is 55.3 Å². The maximum atomic E-state index is 13.0. The van der Waals surface area contributed by atoms with Crippen molar-refractivity contribution in [1.29, 1.82) is 0 Å². The number of fused-ring (bicyclic) bond motifs is 1. The van der Waals surface area contributed by atoms with Gasteiger partial charge in [0.15, 0.2) is 0 Å². The Kier molecular flexibility index (Phi) is 5.12. The number of nitrogens with zero attached hydrogens (tertiary/aromatic N) is 3. The van der Waals surface area contributed by atoms with Crippen LogP contribution in [0.1, 0.15) is 21.6 Å². The molecule has 0 spiro atoms. The van der Waals surface area contributed by atoms with Crippen molar-refractivity contribution in [2.75, 3.05) is 26.3 Å². The molecule has 1 amide bonds. The highest BCUT2D eigenvalue weighted by Gasteiger charge is 2.24. The first-order chi connectivity index (χ1) is 13.2. The van der Waals surface area contributed by atoms with E-state index in [4.69, 9.17) is 4.74 Å². The molecule has 0 saturated carbocycles. The summed E-state index contributed by atoms with van der Waals surface area (Å²) in [6.45, 7) is 4.43. The van der Waals surface area contributed by atoms with Gasteiger partial charge >= 0.3 is 0 Å². The molecule has 3 aromatic rings. The van der Waals surface area contributed by atoms with Crippen molar-refractivity contribution in [3.8, 4) is 0 Å². The van der Waals surface area contributed by atoms with Crippen LogP contribution in [-0.2, 0) is 11.2 Å². The lowest BCUT2D eigenvalue weighted by Gasteiger charge is -2.24. The third-order valence-corrected chi connectivity index (χ3v) is 5.05. The average molecular weight is 361 g/mol. The molecular weight excluding hydrogens is 338 g/mol. The van der Waals surface area contributed by atoms with Crippen molar-refractivity contribution in [2.24, 2.45) is 5.92 Å². The monoisotopic (exact) mass is 361 g/mol. The van der Waals surface area contributed by atoms with Crippen LogP contribution in [0, 0.1) is 12.8 Å². The number of carbonyl (C=O) groups excluding carboxylic acids is 1. The lowest BCUT2D eigenvalue weighted by Crippen LogP contribution is -2.36. The van der Waals surface area contributed by atoms with E-state index in [1.807, 2.05) is 36.2 Å². The van der Waals surface area contributed by atoms with Crippen LogP contribution in [0.15, 0.2) is 54.9 Å². The van der Waals surface area contributed by atoms with Gasteiger partial charge in [0, 0.05) is 42.5 Å². The predicted molar refractivity (Wildman–Crippen MR) is 105 cm³/mol. The number of aryl methyl sites for hydroxylation is 1. The van der Waals surface area contributed by atoms with Crippen LogP contribution in [0.5, 0.6) is 0 Å². The molecule has 0 radical (unpaired) electrons. The van der Waals surface area contributed by atoms with E-state index in [1.54, 1.807) is 6.20 Å². The van der Waals surface area contributed by atoms with E-state index < -0.39 is 0 Å². The summed E-state index contributed by atoms with van der Waals surface area (Å²) in [4.78, 5) is 23.5. The average Bonchev–Trinajstić information content (AvgIpc) is 2.93. The molecular formula is C22H23N3O2. The lowest BCUT2D eigenvalue weighted by molar-refractivity contribution is 0.0736. The number of hydrogen-bond acceptors (Lipinski definition) is 4. The zero-order valence-corrected chi connectivity index (χ0v) is 15.5. The van der Waals surface area contributed by atoms with E-state index in [0.29, 0.717) is 31.9 Å². The van der Waals surface area contributed by atoms with Gasteiger partial charge in [-0.3, -0.25) is 14.8 Å². The number of pyridine rings is 2. The number of rotatable bonds is 3. The molecule has 5 nitrogen and oxygen atoms in total. The number of carbonyl (C=O) groups is 1. The standard InChI is InChI=1S/C22H23N3O2/c1-16-20(5-3-8-23-16)22(26)25-10-11-27-15-18(14-25)12-17-6-7-21-19(13-17)4-2-9-24-21/h2-9,13,18H,10-12,14-15H2,1H3. The Morgan fingerprint density at radius 1 is 1.19 bits per heavy atom. The number of hydrogen-bond donors (Lipinski definition) is 0. The van der Waals surface area contributed by atoms with Crippen molar-refractivity contribution in [1.82, 2.24) is 14.9 Å². The predicted octanol–water partition coefficient (Wildman–Crippen LogP) is 3.27. The highest BCUT2D eigenvalue weighted by molar-refractivity contribution is 5.95. The van der Waals surface area contributed by atoms with Gasteiger partial charge in [-0.2, -0.15) is 0 Å². The van der Waals surface area contributed by atoms with Gasteiger partial charge in [-0.15, -0.1) is 0 Å². The van der Waals surface area contributed by atoms with Crippen molar-refractivity contribution >= 4 is 16.8 Å². The summed E-state index contributed by atoms with van der Waals surface area (Å²) >= 11 is 0. The van der Waals surface area contributed by atoms with E-state index in [1.165, 1.54) is 5.56 Å². The van der Waals surface area contributed by atoms with E-state index in [2.05, 4.69) is 34.2 Å². The van der Waals surface area contributed by atoms with Gasteiger partial charge in [-0.05, 0) is 49.2 Å². The molecule has 1 aliphatic rings. The number of aromatic nitrogens is 2. The van der Waals surface area contributed by atoms with Crippen LogP contribution in [0.25, 0.3) is 10.9 Å². The Bertz CT molecular complexity index is 957. The van der Waals surface area contributed by atoms with Crippen molar-refractivity contribution in [2.45, 2.75) is 13.3 Å². The molecule has 1 atom stereocenters. The second kappa shape index (κ2) is 7.84. The van der Waals surface area contributed by atoms with Crippen LogP contribution in [0.3, 0.4) is 0 Å². The summed E-state index contributed by atoms with van der Waals surface area (Å²) in [5, 5.41) is 1.14. The highest BCUT2D eigenvalue weighted by Crippen LogP contribution is 2.20. The Hall–Kier alpha value is -2.79. The number of ether oxygens (including phenoxy) is 1. The van der Waals surface area contributed by atoms with E-state index in [9.17, 15) is 4.79 Å². The van der Waals surface area contributed by atoms with Crippen molar-refractivity contribution in [3.63, 3.8) is 0 Å². The molecule has 3 heterocycles. The molecule has 1 fully saturated rings. The van der Waals surface area contributed by atoms with Crippen LogP contribution >= 0.6 is 0 Å². The summed E-state index contributed by atoms with van der Waals surface area (Å²) in [6, 6.07) is 14.1. The van der Waals surface area contributed by atoms with Crippen molar-refractivity contribution < 1.29 is 9.53 Å². The Morgan fingerprint density at radius 3 is 2.93 bits per heavy atom. The molecule has 4 rings (SSSR count). The Morgan fingerprint density at radius 2 is 2.04 bits per heavy atom. The largest absolute Gasteiger partial charge is 0.379 e. The maximum absolute atomic E-state index is 13.0. The SMILES string of the molecule is Cc1ncccc1C(=O)N1CCOCC(Cc2ccc3ncccc3c2)C1. The van der Waals surface area contributed by atoms with Gasteiger partial charge < -0.3 is 9.64 Å². The molecule has 0 N–H and O–H groups in total. The fourth-order valence-corrected chi connectivity index (χ4v) is 3.65. The van der Waals surface area contributed by atoms with Gasteiger partial charge in [0.2, 0.25) is 0 Å². The normalized spacial score (nSPS) is 17.7. The first-order valence-corrected chi connectivity index (χ1v) is 9.33. The second-order valence-corrected chi connectivity index (χ2v) is 7.06. The Balaban J connectivity index is 1.51. The van der Waals surface area contributed by atoms with Crippen LogP contribution in [0.4, 0.5) is 0 Å². The molecule has 5 heteroatoms. The highest BCUT2D eigenvalue weighted by atomic mass is 16.5. The fourth-order valence-electron chi connectivity index (χ4n) is 3.65. The molecule has 0 bridgehead atoms. The van der Waals surface area contributed by atoms with Gasteiger partial charge in [-0.1, -0.05) is 12.1 Å². The minimum absolute atomic E-state index is 0.0406. The summed E-state index contributed by atoms with van der Waals surface area (Å²) in [6.07, 6.45) is 4.40. The third-order valence-electron chi connectivity index (χ3n) is 5.05. The fraction of sp³-hybridized carbons (Fsp3) is 0.318. The molecule has 1 unspecified atom stereocenters. The third kappa shape index (κ3) is 3.98. The van der Waals surface area contributed by atoms with Crippen LogP contribution < -0.4 is 0 Å². The molecule has 1 aromatic carbocycles. The molecule has 0 aliphatic carbocycles. The summed E-state index contributed by atoms with van der Waals surface area (Å²) in [5.41, 5.74) is 3.69.